The Bertz CT molecular complexity index is 4470. The molecule has 1 aliphatic heterocycles. The second kappa shape index (κ2) is 21.6. The first kappa shape index (κ1) is 46.9. The molecule has 0 atom stereocenters. The van der Waals surface area contributed by atoms with E-state index in [4.69, 9.17) is 18.6 Å². The number of aromatic nitrogens is 2. The summed E-state index contributed by atoms with van der Waals surface area (Å²) in [7, 11) is 0. The molecule has 0 aliphatic carbocycles. The number of fused-ring (bicyclic) bond motifs is 4. The van der Waals surface area contributed by atoms with Gasteiger partial charge in [-0.2, -0.15) is 12.1 Å². The smallest absolute Gasteiger partial charge is 0.143 e. The standard InChI is InChI=1S/C74H59N4O2.Pt/c1-73(2,3)54-38-36-53(37-39-54)65-45-55(74(4,5)6)44-64(52-26-14-9-15-27-52)72(65)80-59-42-43-75-70(48-59)78-66-33-17-16-30-62(66)63-41-40-58(47-69(63)78)79-57-29-20-28-56(46-57)76-49-77(68-35-19-18-34-67(68)76)71-60(50-22-10-7-11-23-50)31-21-32-61(71)51-24-12-8-13-25-51;/h7-45,48-49H,1-6H3;/q-3;/i9D,14D,15D,26D,27D;. The third-order valence-corrected chi connectivity index (χ3v) is 14.8. The van der Waals surface area contributed by atoms with Gasteiger partial charge in [-0.3, -0.25) is 0 Å². The Balaban J connectivity index is 0.00000724. The van der Waals surface area contributed by atoms with E-state index in [9.17, 15) is 2.74 Å². The van der Waals surface area contributed by atoms with Crippen LogP contribution in [0.5, 0.6) is 23.0 Å². The minimum atomic E-state index is -0.466. The van der Waals surface area contributed by atoms with Gasteiger partial charge in [0.1, 0.15) is 17.3 Å². The number of para-hydroxylation sites is 4. The number of anilines is 4. The van der Waals surface area contributed by atoms with Gasteiger partial charge in [0.05, 0.1) is 6.85 Å². The topological polar surface area (TPSA) is 42.8 Å². The number of ether oxygens (including phenoxy) is 2. The van der Waals surface area contributed by atoms with Crippen molar-refractivity contribution in [3.8, 4) is 73.3 Å². The quantitative estimate of drug-likeness (QED) is 0.121. The van der Waals surface area contributed by atoms with Crippen molar-refractivity contribution in [3.05, 3.63) is 273 Å². The van der Waals surface area contributed by atoms with Crippen molar-refractivity contribution in [1.29, 1.82) is 0 Å². The van der Waals surface area contributed by atoms with Gasteiger partial charge in [0.15, 0.2) is 0 Å². The molecule has 0 saturated carbocycles. The maximum atomic E-state index is 9.23. The number of benzene rings is 10. The Hall–Kier alpha value is -8.96. The van der Waals surface area contributed by atoms with Crippen molar-refractivity contribution in [2.24, 2.45) is 0 Å². The zero-order valence-corrected chi connectivity index (χ0v) is 48.0. The summed E-state index contributed by atoms with van der Waals surface area (Å²) in [6, 6.07) is 75.2. The fourth-order valence-electron chi connectivity index (χ4n) is 10.7. The normalized spacial score (nSPS) is 13.2. The molecule has 13 rings (SSSR count). The van der Waals surface area contributed by atoms with Crippen LogP contribution < -0.4 is 19.3 Å². The molecule has 0 bridgehead atoms. The molecule has 0 N–H and O–H groups in total. The minimum absolute atomic E-state index is 0. The largest absolute Gasteiger partial charge is 0.509 e. The van der Waals surface area contributed by atoms with Crippen molar-refractivity contribution in [1.82, 2.24) is 9.55 Å². The Morgan fingerprint density at radius 2 is 1.07 bits per heavy atom. The molecule has 1 aliphatic rings. The molecule has 0 fully saturated rings. The monoisotopic (exact) mass is 1240 g/mol. The van der Waals surface area contributed by atoms with Gasteiger partial charge in [-0.1, -0.05) is 211 Å². The Labute approximate surface area is 496 Å². The summed E-state index contributed by atoms with van der Waals surface area (Å²) in [6.07, 6.45) is 1.69. The average molecular weight is 1240 g/mol. The number of hydrogen-bond donors (Lipinski definition) is 0. The molecule has 0 unspecified atom stereocenters. The third-order valence-electron chi connectivity index (χ3n) is 14.8. The van der Waals surface area contributed by atoms with E-state index in [0.29, 0.717) is 39.9 Å². The van der Waals surface area contributed by atoms with Crippen LogP contribution in [0.4, 0.5) is 22.7 Å². The summed E-state index contributed by atoms with van der Waals surface area (Å²) < 4.78 is 60.4. The summed E-state index contributed by atoms with van der Waals surface area (Å²) in [5.74, 6) is 2.26. The van der Waals surface area contributed by atoms with Crippen molar-refractivity contribution in [2.45, 2.75) is 52.4 Å². The molecule has 7 heteroatoms. The SMILES string of the molecule is [2H]c1c([2H])c([2H])c(-c2cc(C(C)(C)C)cc(-c3ccc(C(C)(C)C)cc3)c2Oc2ccnc(-n3c4[c-]c(Oc5[c-]c(N6[CH-]N(c7c(-c8ccccc8)cccc7-c7ccccc7)c7ccccc76)ccc5)ccc4c4ccccc43)c2)c([2H])c1[2H].[Pt]. The average Bonchev–Trinajstić information content (AvgIpc) is 2.18. The zero-order chi connectivity index (χ0) is 58.9. The van der Waals surface area contributed by atoms with Crippen molar-refractivity contribution >= 4 is 44.6 Å². The summed E-state index contributed by atoms with van der Waals surface area (Å²) in [5.41, 5.74) is 13.4. The maximum Gasteiger partial charge on any atom is 0.143 e. The van der Waals surface area contributed by atoms with E-state index in [2.05, 4.69) is 198 Å². The molecule has 0 spiro atoms. The fraction of sp³-hybridized carbons (Fsp3) is 0.108. The van der Waals surface area contributed by atoms with Gasteiger partial charge < -0.3 is 23.8 Å². The van der Waals surface area contributed by atoms with Gasteiger partial charge in [-0.25, -0.2) is 4.98 Å². The van der Waals surface area contributed by atoms with Gasteiger partial charge in [-0.05, 0) is 86.0 Å². The summed E-state index contributed by atoms with van der Waals surface area (Å²) in [4.78, 5) is 9.39. The zero-order valence-electron chi connectivity index (χ0n) is 50.7. The molecule has 12 aromatic rings. The molecule has 3 heterocycles. The van der Waals surface area contributed by atoms with Crippen molar-refractivity contribution in [2.75, 3.05) is 9.80 Å². The molecule has 6 nitrogen and oxygen atoms in total. The molecule has 2 aromatic heterocycles. The van der Waals surface area contributed by atoms with Gasteiger partial charge in [0.2, 0.25) is 0 Å². The van der Waals surface area contributed by atoms with Gasteiger partial charge >= 0.3 is 0 Å². The van der Waals surface area contributed by atoms with Crippen LogP contribution in [0.25, 0.3) is 72.1 Å². The molecule has 0 radical (unpaired) electrons. The number of hydrogen-bond acceptors (Lipinski definition) is 5. The van der Waals surface area contributed by atoms with Crippen LogP contribution in [0.2, 0.25) is 0 Å². The molecule has 0 saturated heterocycles. The van der Waals surface area contributed by atoms with E-state index in [1.165, 1.54) is 0 Å². The minimum Gasteiger partial charge on any atom is -0.509 e. The molecular weight excluding hydrogens is 1170 g/mol. The van der Waals surface area contributed by atoms with Crippen LogP contribution in [-0.2, 0) is 31.9 Å². The van der Waals surface area contributed by atoms with E-state index < -0.39 is 23.5 Å². The first-order valence-electron chi connectivity index (χ1n) is 29.4. The first-order valence-corrected chi connectivity index (χ1v) is 26.9. The van der Waals surface area contributed by atoms with Crippen molar-refractivity contribution < 1.29 is 37.4 Å². The fourth-order valence-corrected chi connectivity index (χ4v) is 10.7. The van der Waals surface area contributed by atoms with E-state index >= 15 is 0 Å². The maximum absolute atomic E-state index is 9.23. The summed E-state index contributed by atoms with van der Waals surface area (Å²) >= 11 is 0. The predicted octanol–water partition coefficient (Wildman–Crippen LogP) is 20.0. The molecule has 10 aromatic carbocycles. The Morgan fingerprint density at radius 3 is 1.75 bits per heavy atom. The van der Waals surface area contributed by atoms with E-state index in [0.717, 1.165) is 83.5 Å². The molecule has 81 heavy (non-hydrogen) atoms. The second-order valence-electron chi connectivity index (χ2n) is 22.1. The number of nitrogens with zero attached hydrogens (tertiary/aromatic N) is 4. The second-order valence-corrected chi connectivity index (χ2v) is 22.1. The molecule has 0 amide bonds. The van der Waals surface area contributed by atoms with Crippen LogP contribution in [-0.4, -0.2) is 9.55 Å². The van der Waals surface area contributed by atoms with Gasteiger partial charge in [-0.15, -0.1) is 48.1 Å². The van der Waals surface area contributed by atoms with Crippen molar-refractivity contribution in [3.63, 3.8) is 0 Å². The Morgan fingerprint density at radius 1 is 0.481 bits per heavy atom. The van der Waals surface area contributed by atoms with Crippen LogP contribution in [0, 0.1) is 18.8 Å². The molecular formula is C74H59N4O2Pt-3. The van der Waals surface area contributed by atoms with Crippen LogP contribution >= 0.6 is 0 Å². The van der Waals surface area contributed by atoms with Crippen LogP contribution in [0.1, 0.15) is 59.5 Å². The van der Waals surface area contributed by atoms with Gasteiger partial charge in [0.25, 0.3) is 0 Å². The number of rotatable bonds is 11. The number of pyridine rings is 1. The third kappa shape index (κ3) is 10.2. The Kier molecular flexibility index (Phi) is 12.5. The summed E-state index contributed by atoms with van der Waals surface area (Å²) in [5, 5.41) is 1.92. The molecule has 400 valence electrons. The van der Waals surface area contributed by atoms with Gasteiger partial charge in [0, 0.05) is 89.7 Å². The first-order chi connectivity index (χ1) is 41.0. The van der Waals surface area contributed by atoms with E-state index in [1.54, 1.807) is 12.3 Å². The predicted molar refractivity (Wildman–Crippen MR) is 330 cm³/mol. The summed E-state index contributed by atoms with van der Waals surface area (Å²) in [6.45, 7) is 14.9. The van der Waals surface area contributed by atoms with Crippen LogP contribution in [0.15, 0.2) is 243 Å². The van der Waals surface area contributed by atoms with E-state index in [-0.39, 0.29) is 44.1 Å². The van der Waals surface area contributed by atoms with E-state index in [1.807, 2.05) is 77.4 Å². The van der Waals surface area contributed by atoms with Crippen LogP contribution in [0.3, 0.4) is 0 Å².